The van der Waals surface area contributed by atoms with Gasteiger partial charge in [0.2, 0.25) is 21.8 Å². The molecule has 49 heavy (non-hydrogen) atoms. The van der Waals surface area contributed by atoms with Gasteiger partial charge in [-0.05, 0) is 60.2 Å². The fraction of sp³-hybridized carbons (Fsp3) is 0.324. The Morgan fingerprint density at radius 3 is 2.02 bits per heavy atom. The van der Waals surface area contributed by atoms with E-state index in [0.29, 0.717) is 24.9 Å². The lowest BCUT2D eigenvalue weighted by Crippen LogP contribution is -2.50. The third kappa shape index (κ3) is 10.1. The van der Waals surface area contributed by atoms with E-state index in [-0.39, 0.29) is 42.0 Å². The molecule has 4 aromatic rings. The number of rotatable bonds is 17. The lowest BCUT2D eigenvalue weighted by atomic mass is 9.84. The van der Waals surface area contributed by atoms with Crippen LogP contribution in [0.3, 0.4) is 0 Å². The number of carbonyl (C=O) groups is 2. The molecule has 3 aromatic carbocycles. The number of aromatic hydroxyl groups is 1. The summed E-state index contributed by atoms with van der Waals surface area (Å²) in [6.07, 6.45) is 2.64. The van der Waals surface area contributed by atoms with E-state index in [2.05, 4.69) is 15.6 Å². The van der Waals surface area contributed by atoms with Gasteiger partial charge in [0.15, 0.2) is 0 Å². The number of aliphatic hydroxyl groups excluding tert-OH is 1. The number of unbranched alkanes of at least 4 members (excludes halogenated alkanes) is 1. The lowest BCUT2D eigenvalue weighted by molar-refractivity contribution is -0.123. The number of aromatic nitrogens is 1. The van der Waals surface area contributed by atoms with Crippen LogP contribution < -0.4 is 16.4 Å². The number of aliphatic hydroxyl groups is 1. The number of hydrogen-bond donors (Lipinski definition) is 5. The van der Waals surface area contributed by atoms with Gasteiger partial charge in [0, 0.05) is 43.0 Å². The van der Waals surface area contributed by atoms with Gasteiger partial charge < -0.3 is 26.6 Å². The number of nitrogen functional groups attached to an aromatic ring is 1. The van der Waals surface area contributed by atoms with Crippen molar-refractivity contribution in [3.8, 4) is 5.88 Å². The minimum atomic E-state index is -3.90. The first-order valence-corrected chi connectivity index (χ1v) is 17.8. The molecular formula is C37H45N5O6S. The third-order valence-electron chi connectivity index (χ3n) is 8.14. The number of hydrogen-bond acceptors (Lipinski definition) is 8. The normalized spacial score (nSPS) is 12.9. The van der Waals surface area contributed by atoms with Crippen molar-refractivity contribution in [3.63, 3.8) is 0 Å². The zero-order valence-electron chi connectivity index (χ0n) is 27.8. The fourth-order valence-corrected chi connectivity index (χ4v) is 7.48. The Labute approximate surface area is 288 Å². The summed E-state index contributed by atoms with van der Waals surface area (Å²) < 4.78 is 28.6. The van der Waals surface area contributed by atoms with Crippen LogP contribution in [0.4, 0.5) is 5.69 Å². The highest BCUT2D eigenvalue weighted by molar-refractivity contribution is 7.89. The van der Waals surface area contributed by atoms with Gasteiger partial charge in [-0.2, -0.15) is 4.31 Å². The average Bonchev–Trinajstić information content (AvgIpc) is 3.10. The van der Waals surface area contributed by atoms with Gasteiger partial charge in [0.05, 0.1) is 17.1 Å². The summed E-state index contributed by atoms with van der Waals surface area (Å²) in [5.74, 6) is -1.66. The summed E-state index contributed by atoms with van der Waals surface area (Å²) in [6.45, 7) is 3.97. The number of nitrogens with zero attached hydrogens (tertiary/aromatic N) is 2. The molecule has 0 aliphatic rings. The van der Waals surface area contributed by atoms with Gasteiger partial charge >= 0.3 is 0 Å². The Balaban J connectivity index is 1.49. The SMILES string of the molecule is CC(C)CN([C@H](CO)CCCCNC(=O)[C@@H](NC(=O)c1ccc(O)nc1)C(c1ccccc1)c1ccccc1)S(=O)(=O)c1ccc(N)cc1. The average molecular weight is 688 g/mol. The fourth-order valence-electron chi connectivity index (χ4n) is 5.67. The maximum atomic E-state index is 13.9. The van der Waals surface area contributed by atoms with E-state index < -0.39 is 39.8 Å². The van der Waals surface area contributed by atoms with Crippen LogP contribution >= 0.6 is 0 Å². The largest absolute Gasteiger partial charge is 0.493 e. The molecule has 1 aromatic heterocycles. The monoisotopic (exact) mass is 687 g/mol. The summed E-state index contributed by atoms with van der Waals surface area (Å²) >= 11 is 0. The lowest BCUT2D eigenvalue weighted by Gasteiger charge is -2.31. The summed E-state index contributed by atoms with van der Waals surface area (Å²) in [5.41, 5.74) is 8.07. The smallest absolute Gasteiger partial charge is 0.253 e. The van der Waals surface area contributed by atoms with Crippen molar-refractivity contribution in [2.45, 2.75) is 56.0 Å². The Bertz CT molecular complexity index is 1700. The molecule has 0 fully saturated rings. The molecule has 0 unspecified atom stereocenters. The number of amides is 2. The van der Waals surface area contributed by atoms with Gasteiger partial charge in [0.1, 0.15) is 6.04 Å². The van der Waals surface area contributed by atoms with Crippen molar-refractivity contribution in [3.05, 3.63) is 120 Å². The van der Waals surface area contributed by atoms with Crippen LogP contribution in [0.1, 0.15) is 60.5 Å². The van der Waals surface area contributed by atoms with Crippen molar-refractivity contribution < 1.29 is 28.2 Å². The Morgan fingerprint density at radius 2 is 1.49 bits per heavy atom. The summed E-state index contributed by atoms with van der Waals surface area (Å²) in [5, 5.41) is 25.8. The second-order valence-electron chi connectivity index (χ2n) is 12.3. The molecule has 0 aliphatic heterocycles. The molecule has 11 nitrogen and oxygen atoms in total. The zero-order chi connectivity index (χ0) is 35.4. The molecule has 0 radical (unpaired) electrons. The van der Waals surface area contributed by atoms with E-state index in [1.807, 2.05) is 74.5 Å². The van der Waals surface area contributed by atoms with Crippen molar-refractivity contribution in [1.29, 1.82) is 0 Å². The van der Waals surface area contributed by atoms with Crippen LogP contribution in [-0.4, -0.2) is 71.5 Å². The summed E-state index contributed by atoms with van der Waals surface area (Å²) in [4.78, 5) is 31.2. The highest BCUT2D eigenvalue weighted by Crippen LogP contribution is 2.29. The van der Waals surface area contributed by atoms with Crippen LogP contribution in [0.2, 0.25) is 0 Å². The second-order valence-corrected chi connectivity index (χ2v) is 14.2. The molecule has 0 bridgehead atoms. The number of sulfonamides is 1. The van der Waals surface area contributed by atoms with Crippen LogP contribution in [-0.2, 0) is 14.8 Å². The Morgan fingerprint density at radius 1 is 0.878 bits per heavy atom. The molecule has 4 rings (SSSR count). The highest BCUT2D eigenvalue weighted by Gasteiger charge is 2.34. The maximum Gasteiger partial charge on any atom is 0.253 e. The van der Waals surface area contributed by atoms with Gasteiger partial charge in [-0.25, -0.2) is 13.4 Å². The third-order valence-corrected chi connectivity index (χ3v) is 10.1. The summed E-state index contributed by atoms with van der Waals surface area (Å²) in [6, 6.07) is 25.9. The van der Waals surface area contributed by atoms with Crippen molar-refractivity contribution in [2.75, 3.05) is 25.4 Å². The van der Waals surface area contributed by atoms with Gasteiger partial charge in [-0.1, -0.05) is 80.9 Å². The Hall–Kier alpha value is -4.78. The number of benzene rings is 3. The molecule has 2 atom stereocenters. The molecule has 0 spiro atoms. The molecule has 1 heterocycles. The maximum absolute atomic E-state index is 13.9. The van der Waals surface area contributed by atoms with Gasteiger partial charge in [-0.15, -0.1) is 0 Å². The molecule has 0 saturated carbocycles. The van der Waals surface area contributed by atoms with E-state index in [1.54, 1.807) is 0 Å². The molecule has 2 amide bonds. The quantitative estimate of drug-likeness (QED) is 0.0807. The standard InChI is InChI=1S/C37H45N5O6S/c1-26(2)24-42(49(47,48)32-19-17-30(38)18-20-32)31(25-43)15-9-10-22-39-37(46)35(41-36(45)29-16-21-33(44)40-23-29)34(27-11-5-3-6-12-27)28-13-7-4-8-14-28/h3-8,11-14,16-21,23,26,31,34-35,43H,9-10,15,22,24-25,38H2,1-2H3,(H,39,46)(H,40,44)(H,41,45)/t31-,35-/m0/s1. The van der Waals surface area contributed by atoms with Crippen molar-refractivity contribution >= 4 is 27.5 Å². The molecule has 6 N–H and O–H groups in total. The first kappa shape index (κ1) is 37.0. The summed E-state index contributed by atoms with van der Waals surface area (Å²) in [7, 11) is -3.90. The van der Waals surface area contributed by atoms with Crippen molar-refractivity contribution in [2.24, 2.45) is 5.92 Å². The first-order valence-electron chi connectivity index (χ1n) is 16.3. The number of nitrogens with one attached hydrogen (secondary N) is 2. The van der Waals surface area contributed by atoms with E-state index in [9.17, 15) is 28.2 Å². The van der Waals surface area contributed by atoms with Crippen LogP contribution in [0.5, 0.6) is 5.88 Å². The van der Waals surface area contributed by atoms with Crippen molar-refractivity contribution in [1.82, 2.24) is 19.9 Å². The number of anilines is 1. The van der Waals surface area contributed by atoms with Crippen LogP contribution in [0.25, 0.3) is 0 Å². The van der Waals surface area contributed by atoms with E-state index in [1.165, 1.54) is 46.9 Å². The molecular weight excluding hydrogens is 643 g/mol. The number of nitrogens with two attached hydrogens (primary N) is 1. The second kappa shape index (κ2) is 17.6. The van der Waals surface area contributed by atoms with Crippen LogP contribution in [0.15, 0.2) is 108 Å². The molecule has 260 valence electrons. The minimum absolute atomic E-state index is 0.0172. The molecule has 0 saturated heterocycles. The molecule has 12 heteroatoms. The van der Waals surface area contributed by atoms with E-state index in [4.69, 9.17) is 5.73 Å². The highest BCUT2D eigenvalue weighted by atomic mass is 32.2. The van der Waals surface area contributed by atoms with E-state index in [0.717, 1.165) is 11.1 Å². The first-order chi connectivity index (χ1) is 23.5. The predicted octanol–water partition coefficient (Wildman–Crippen LogP) is 4.29. The zero-order valence-corrected chi connectivity index (χ0v) is 28.6. The van der Waals surface area contributed by atoms with E-state index >= 15 is 0 Å². The van der Waals surface area contributed by atoms with Gasteiger partial charge in [0.25, 0.3) is 5.91 Å². The predicted molar refractivity (Wildman–Crippen MR) is 189 cm³/mol. The topological polar surface area (TPSA) is 175 Å². The molecule has 0 aliphatic carbocycles. The van der Waals surface area contributed by atoms with Gasteiger partial charge in [-0.3, -0.25) is 9.59 Å². The van der Waals surface area contributed by atoms with Crippen LogP contribution in [0, 0.1) is 5.92 Å². The number of pyridine rings is 1. The minimum Gasteiger partial charge on any atom is -0.493 e. The number of carbonyl (C=O) groups excluding carboxylic acids is 2. The Kier molecular flexibility index (Phi) is 13.3.